The molecule has 1 aliphatic rings. The Labute approximate surface area is 190 Å². The molecule has 7 nitrogen and oxygen atoms in total. The lowest BCUT2D eigenvalue weighted by Gasteiger charge is -2.10. The highest BCUT2D eigenvalue weighted by Gasteiger charge is 2.24. The standard InChI is InChI=1S/C25H24FN3O4/c1-15-12-22(16(2)29(15)21-10-6-18(26)7-11-21)25(32)33-14-23(30)27-20-5-3-4-17(13-20)24(31)28-19-8-9-19/h3-7,10-13,19H,8-9,14H2,1-2H3,(H,27,30)(H,28,31). The average molecular weight is 449 g/mol. The molecule has 1 heterocycles. The van der Waals surface area contributed by atoms with Crippen LogP contribution in [0.2, 0.25) is 0 Å². The van der Waals surface area contributed by atoms with Crippen LogP contribution in [0.25, 0.3) is 5.69 Å². The Morgan fingerprint density at radius 3 is 2.48 bits per heavy atom. The number of nitrogens with zero attached hydrogens (tertiary/aromatic N) is 1. The number of aryl methyl sites for hydroxylation is 1. The van der Waals surface area contributed by atoms with Crippen molar-refractivity contribution in [1.82, 2.24) is 9.88 Å². The first kappa shape index (κ1) is 22.3. The van der Waals surface area contributed by atoms with Crippen molar-refractivity contribution >= 4 is 23.5 Å². The second kappa shape index (κ2) is 9.28. The highest BCUT2D eigenvalue weighted by atomic mass is 19.1. The lowest BCUT2D eigenvalue weighted by Crippen LogP contribution is -2.25. The topological polar surface area (TPSA) is 89.4 Å². The molecule has 2 N–H and O–H groups in total. The summed E-state index contributed by atoms with van der Waals surface area (Å²) in [5, 5.41) is 5.53. The quantitative estimate of drug-likeness (QED) is 0.535. The number of hydrogen-bond donors (Lipinski definition) is 2. The second-order valence-electron chi connectivity index (χ2n) is 8.05. The van der Waals surface area contributed by atoms with Gasteiger partial charge in [0.05, 0.1) is 5.56 Å². The fraction of sp³-hybridized carbons (Fsp3) is 0.240. The molecule has 2 amide bonds. The molecule has 4 rings (SSSR count). The van der Waals surface area contributed by atoms with E-state index in [-0.39, 0.29) is 17.8 Å². The summed E-state index contributed by atoms with van der Waals surface area (Å²) in [6, 6.07) is 14.4. The lowest BCUT2D eigenvalue weighted by molar-refractivity contribution is -0.119. The zero-order valence-corrected chi connectivity index (χ0v) is 18.4. The summed E-state index contributed by atoms with van der Waals surface area (Å²) in [5.41, 5.74) is 3.33. The van der Waals surface area contributed by atoms with Gasteiger partial charge < -0.3 is 19.9 Å². The molecule has 0 saturated heterocycles. The maximum atomic E-state index is 13.2. The smallest absolute Gasteiger partial charge is 0.340 e. The van der Waals surface area contributed by atoms with E-state index < -0.39 is 18.5 Å². The van der Waals surface area contributed by atoms with E-state index in [9.17, 15) is 18.8 Å². The molecule has 1 aromatic heterocycles. The highest BCUT2D eigenvalue weighted by Crippen LogP contribution is 2.22. The van der Waals surface area contributed by atoms with E-state index in [1.54, 1.807) is 49.4 Å². The normalized spacial score (nSPS) is 12.8. The molecular formula is C25H24FN3O4. The van der Waals surface area contributed by atoms with Crippen LogP contribution in [-0.4, -0.2) is 35.0 Å². The Kier molecular flexibility index (Phi) is 6.26. The van der Waals surface area contributed by atoms with Gasteiger partial charge in [-0.3, -0.25) is 9.59 Å². The number of halogens is 1. The molecule has 2 aromatic carbocycles. The first-order valence-electron chi connectivity index (χ1n) is 10.6. The van der Waals surface area contributed by atoms with Crippen molar-refractivity contribution in [1.29, 1.82) is 0 Å². The molecule has 0 radical (unpaired) electrons. The van der Waals surface area contributed by atoms with Gasteiger partial charge >= 0.3 is 5.97 Å². The summed E-state index contributed by atoms with van der Waals surface area (Å²) in [6.07, 6.45) is 1.97. The van der Waals surface area contributed by atoms with Crippen LogP contribution in [0.15, 0.2) is 54.6 Å². The van der Waals surface area contributed by atoms with Crippen molar-refractivity contribution in [2.45, 2.75) is 32.7 Å². The Morgan fingerprint density at radius 1 is 1.06 bits per heavy atom. The minimum atomic E-state index is -0.635. The Morgan fingerprint density at radius 2 is 1.79 bits per heavy atom. The number of hydrogen-bond acceptors (Lipinski definition) is 4. The summed E-state index contributed by atoms with van der Waals surface area (Å²) >= 11 is 0. The van der Waals surface area contributed by atoms with Gasteiger partial charge in [-0.1, -0.05) is 6.07 Å². The van der Waals surface area contributed by atoms with Crippen molar-refractivity contribution in [2.75, 3.05) is 11.9 Å². The summed E-state index contributed by atoms with van der Waals surface area (Å²) in [5.74, 6) is -1.68. The van der Waals surface area contributed by atoms with E-state index in [0.29, 0.717) is 28.2 Å². The zero-order chi connectivity index (χ0) is 23.5. The molecule has 0 spiro atoms. The first-order chi connectivity index (χ1) is 15.8. The molecule has 0 unspecified atom stereocenters. The van der Waals surface area contributed by atoms with Gasteiger partial charge in [-0.05, 0) is 75.2 Å². The van der Waals surface area contributed by atoms with Crippen molar-refractivity contribution < 1.29 is 23.5 Å². The van der Waals surface area contributed by atoms with Gasteiger partial charge in [-0.2, -0.15) is 0 Å². The van der Waals surface area contributed by atoms with Crippen molar-refractivity contribution in [3.8, 4) is 5.69 Å². The molecule has 1 aliphatic carbocycles. The number of carbonyl (C=O) groups is 3. The molecule has 1 fully saturated rings. The maximum Gasteiger partial charge on any atom is 0.340 e. The number of benzene rings is 2. The van der Waals surface area contributed by atoms with Crippen LogP contribution in [-0.2, 0) is 9.53 Å². The van der Waals surface area contributed by atoms with Gasteiger partial charge in [0, 0.05) is 34.4 Å². The van der Waals surface area contributed by atoms with Gasteiger partial charge in [0.15, 0.2) is 6.61 Å². The molecule has 0 atom stereocenters. The summed E-state index contributed by atoms with van der Waals surface area (Å²) < 4.78 is 20.3. The van der Waals surface area contributed by atoms with Crippen LogP contribution in [0, 0.1) is 19.7 Å². The van der Waals surface area contributed by atoms with Crippen LogP contribution in [0.4, 0.5) is 10.1 Å². The fourth-order valence-corrected chi connectivity index (χ4v) is 3.60. The fourth-order valence-electron chi connectivity index (χ4n) is 3.60. The molecule has 8 heteroatoms. The van der Waals surface area contributed by atoms with E-state index in [2.05, 4.69) is 10.6 Å². The third kappa shape index (κ3) is 5.28. The van der Waals surface area contributed by atoms with Gasteiger partial charge in [0.25, 0.3) is 11.8 Å². The number of aromatic nitrogens is 1. The third-order valence-electron chi connectivity index (χ3n) is 5.39. The minimum absolute atomic E-state index is 0.184. The Bertz CT molecular complexity index is 1210. The Hall–Kier alpha value is -3.94. The van der Waals surface area contributed by atoms with Gasteiger partial charge in [-0.15, -0.1) is 0 Å². The largest absolute Gasteiger partial charge is 0.452 e. The molecule has 0 bridgehead atoms. The van der Waals surface area contributed by atoms with Crippen LogP contribution < -0.4 is 10.6 Å². The van der Waals surface area contributed by atoms with E-state index >= 15 is 0 Å². The van der Waals surface area contributed by atoms with E-state index in [1.165, 1.54) is 12.1 Å². The second-order valence-corrected chi connectivity index (χ2v) is 8.05. The SMILES string of the molecule is Cc1cc(C(=O)OCC(=O)Nc2cccc(C(=O)NC3CC3)c2)c(C)n1-c1ccc(F)cc1. The Balaban J connectivity index is 1.37. The average Bonchev–Trinajstić information content (AvgIpc) is 3.56. The molecule has 1 saturated carbocycles. The number of ether oxygens (including phenoxy) is 1. The summed E-state index contributed by atoms with van der Waals surface area (Å²) in [6.45, 7) is 3.11. The third-order valence-corrected chi connectivity index (χ3v) is 5.39. The van der Waals surface area contributed by atoms with Crippen molar-refractivity contribution in [3.05, 3.63) is 82.9 Å². The predicted molar refractivity (Wildman–Crippen MR) is 121 cm³/mol. The molecule has 0 aliphatic heterocycles. The minimum Gasteiger partial charge on any atom is -0.452 e. The molecule has 170 valence electrons. The molecular weight excluding hydrogens is 425 g/mol. The van der Waals surface area contributed by atoms with E-state index in [4.69, 9.17) is 4.74 Å². The lowest BCUT2D eigenvalue weighted by atomic mass is 10.2. The molecule has 33 heavy (non-hydrogen) atoms. The monoisotopic (exact) mass is 449 g/mol. The zero-order valence-electron chi connectivity index (χ0n) is 18.4. The van der Waals surface area contributed by atoms with Crippen molar-refractivity contribution in [2.24, 2.45) is 0 Å². The van der Waals surface area contributed by atoms with Gasteiger partial charge in [0.2, 0.25) is 0 Å². The molecule has 3 aromatic rings. The first-order valence-corrected chi connectivity index (χ1v) is 10.6. The number of carbonyl (C=O) groups excluding carboxylic acids is 3. The number of esters is 1. The van der Waals surface area contributed by atoms with E-state index in [0.717, 1.165) is 18.5 Å². The maximum absolute atomic E-state index is 13.2. The van der Waals surface area contributed by atoms with Gasteiger partial charge in [0.1, 0.15) is 5.82 Å². The van der Waals surface area contributed by atoms with Crippen LogP contribution >= 0.6 is 0 Å². The number of nitrogens with one attached hydrogen (secondary N) is 2. The van der Waals surface area contributed by atoms with Gasteiger partial charge in [-0.25, -0.2) is 9.18 Å². The summed E-state index contributed by atoms with van der Waals surface area (Å²) in [7, 11) is 0. The van der Waals surface area contributed by atoms with Crippen LogP contribution in [0.3, 0.4) is 0 Å². The van der Waals surface area contributed by atoms with Crippen LogP contribution in [0.1, 0.15) is 44.9 Å². The predicted octanol–water partition coefficient (Wildman–Crippen LogP) is 3.92. The number of anilines is 1. The van der Waals surface area contributed by atoms with Crippen LogP contribution in [0.5, 0.6) is 0 Å². The summed E-state index contributed by atoms with van der Waals surface area (Å²) in [4.78, 5) is 37.1. The van der Waals surface area contributed by atoms with Crippen molar-refractivity contribution in [3.63, 3.8) is 0 Å². The number of amides is 2. The highest BCUT2D eigenvalue weighted by molar-refractivity contribution is 5.99. The number of rotatable bonds is 7. The van der Waals surface area contributed by atoms with E-state index in [1.807, 2.05) is 11.5 Å².